The van der Waals surface area contributed by atoms with Gasteiger partial charge in [0.15, 0.2) is 0 Å². The number of nitrogens with zero attached hydrogens (tertiary/aromatic N) is 2. The summed E-state index contributed by atoms with van der Waals surface area (Å²) in [4.78, 5) is 14.6. The summed E-state index contributed by atoms with van der Waals surface area (Å²) >= 11 is 5.95. The van der Waals surface area contributed by atoms with Crippen LogP contribution in [0.2, 0.25) is 5.02 Å². The van der Waals surface area contributed by atoms with Crippen LogP contribution in [0.3, 0.4) is 0 Å². The highest BCUT2D eigenvalue weighted by Gasteiger charge is 2.29. The van der Waals surface area contributed by atoms with Crippen molar-refractivity contribution in [2.45, 2.75) is 19.9 Å². The Labute approximate surface area is 155 Å². The number of aromatic nitrogens is 1. The highest BCUT2D eigenvalue weighted by molar-refractivity contribution is 6.30. The number of amides is 1. The molecule has 0 fully saturated rings. The van der Waals surface area contributed by atoms with E-state index < -0.39 is 0 Å². The molecule has 0 radical (unpaired) electrons. The predicted octanol–water partition coefficient (Wildman–Crippen LogP) is 4.21. The van der Waals surface area contributed by atoms with Gasteiger partial charge in [-0.15, -0.1) is 0 Å². The minimum atomic E-state index is -0.198. The second-order valence-electron chi connectivity index (χ2n) is 6.44. The number of halogens is 1. The molecular formula is C20H17ClN2O3. The Morgan fingerprint density at radius 1 is 1.23 bits per heavy atom. The van der Waals surface area contributed by atoms with E-state index in [2.05, 4.69) is 5.16 Å². The van der Waals surface area contributed by atoms with E-state index in [0.29, 0.717) is 30.1 Å². The molecule has 3 aromatic rings. The van der Waals surface area contributed by atoms with Gasteiger partial charge < -0.3 is 14.5 Å². The molecule has 1 aromatic heterocycles. The quantitative estimate of drug-likeness (QED) is 0.735. The molecule has 1 aliphatic heterocycles. The van der Waals surface area contributed by atoms with Crippen LogP contribution in [0.15, 0.2) is 47.0 Å². The van der Waals surface area contributed by atoms with E-state index in [-0.39, 0.29) is 11.7 Å². The number of phenols is 1. The number of fused-ring (bicyclic) bond motifs is 1. The third-order valence-electron chi connectivity index (χ3n) is 4.62. The first kappa shape index (κ1) is 16.7. The highest BCUT2D eigenvalue weighted by atomic mass is 35.5. The minimum absolute atomic E-state index is 0.00374. The molecule has 5 nitrogen and oxygen atoms in total. The van der Waals surface area contributed by atoms with E-state index >= 15 is 0 Å². The molecule has 2 aromatic carbocycles. The number of carbonyl (C=O) groups is 1. The normalized spacial score (nSPS) is 13.5. The van der Waals surface area contributed by atoms with Gasteiger partial charge in [-0.2, -0.15) is 0 Å². The SMILES string of the molecule is Cc1ccc(C(=O)N2CCc3onc(-c4ccc(Cl)cc4)c3C2)c(O)c1. The fraction of sp³-hybridized carbons (Fsp3) is 0.200. The van der Waals surface area contributed by atoms with Crippen molar-refractivity contribution in [3.8, 4) is 17.0 Å². The molecular weight excluding hydrogens is 352 g/mol. The Morgan fingerprint density at radius 2 is 2.00 bits per heavy atom. The van der Waals surface area contributed by atoms with Crippen LogP contribution in [0.1, 0.15) is 27.2 Å². The molecule has 0 aliphatic carbocycles. The molecule has 0 saturated heterocycles. The lowest BCUT2D eigenvalue weighted by Gasteiger charge is -2.26. The summed E-state index contributed by atoms with van der Waals surface area (Å²) in [6.07, 6.45) is 0.592. The summed E-state index contributed by atoms with van der Waals surface area (Å²) in [7, 11) is 0. The van der Waals surface area contributed by atoms with Crippen LogP contribution in [0.25, 0.3) is 11.3 Å². The first-order chi connectivity index (χ1) is 12.5. The first-order valence-corrected chi connectivity index (χ1v) is 8.73. The molecule has 0 bridgehead atoms. The number of aromatic hydroxyl groups is 1. The lowest BCUT2D eigenvalue weighted by Crippen LogP contribution is -2.35. The number of rotatable bonds is 2. The van der Waals surface area contributed by atoms with Crippen LogP contribution >= 0.6 is 11.6 Å². The highest BCUT2D eigenvalue weighted by Crippen LogP contribution is 2.32. The predicted molar refractivity (Wildman–Crippen MR) is 98.2 cm³/mol. The van der Waals surface area contributed by atoms with Crippen molar-refractivity contribution in [2.24, 2.45) is 0 Å². The molecule has 6 heteroatoms. The Hall–Kier alpha value is -2.79. The second-order valence-corrected chi connectivity index (χ2v) is 6.87. The summed E-state index contributed by atoms with van der Waals surface area (Å²) in [5.41, 5.74) is 3.74. The minimum Gasteiger partial charge on any atom is -0.507 e. The fourth-order valence-electron chi connectivity index (χ4n) is 3.21. The molecule has 26 heavy (non-hydrogen) atoms. The molecule has 2 heterocycles. The Balaban J connectivity index is 1.64. The zero-order valence-electron chi connectivity index (χ0n) is 14.2. The van der Waals surface area contributed by atoms with Crippen molar-refractivity contribution < 1.29 is 14.4 Å². The first-order valence-electron chi connectivity index (χ1n) is 8.35. The van der Waals surface area contributed by atoms with Gasteiger partial charge in [-0.05, 0) is 36.8 Å². The largest absolute Gasteiger partial charge is 0.507 e. The molecule has 1 N–H and O–H groups in total. The number of aryl methyl sites for hydroxylation is 1. The summed E-state index contributed by atoms with van der Waals surface area (Å²) in [6.45, 7) is 2.79. The molecule has 4 rings (SSSR count). The standard InChI is InChI=1S/C20H17ClN2O3/c1-12-2-7-15(17(24)10-12)20(25)23-9-8-18-16(11-23)19(22-26-18)13-3-5-14(21)6-4-13/h2-7,10,24H,8-9,11H2,1H3. The number of carbonyl (C=O) groups excluding carboxylic acids is 1. The summed E-state index contributed by atoms with van der Waals surface area (Å²) < 4.78 is 5.47. The van der Waals surface area contributed by atoms with Crippen molar-refractivity contribution >= 4 is 17.5 Å². The zero-order chi connectivity index (χ0) is 18.3. The van der Waals surface area contributed by atoms with Crippen molar-refractivity contribution in [3.05, 3.63) is 69.9 Å². The number of benzene rings is 2. The van der Waals surface area contributed by atoms with Crippen LogP contribution in [0.5, 0.6) is 5.75 Å². The van der Waals surface area contributed by atoms with Gasteiger partial charge in [0.25, 0.3) is 5.91 Å². The van der Waals surface area contributed by atoms with Crippen LogP contribution in [0, 0.1) is 6.92 Å². The Kier molecular flexibility index (Phi) is 4.17. The molecule has 0 saturated carbocycles. The molecule has 0 unspecified atom stereocenters. The number of phenolic OH excluding ortho intramolecular Hbond substituents is 1. The molecule has 132 valence electrons. The summed E-state index contributed by atoms with van der Waals surface area (Å²) in [6, 6.07) is 12.4. The van der Waals surface area contributed by atoms with Gasteiger partial charge in [0.2, 0.25) is 0 Å². The maximum absolute atomic E-state index is 12.9. The van der Waals surface area contributed by atoms with Crippen molar-refractivity contribution in [1.82, 2.24) is 10.1 Å². The maximum Gasteiger partial charge on any atom is 0.257 e. The third-order valence-corrected chi connectivity index (χ3v) is 4.87. The summed E-state index contributed by atoms with van der Waals surface area (Å²) in [5.74, 6) is 0.604. The van der Waals surface area contributed by atoms with Crippen LogP contribution < -0.4 is 0 Å². The van der Waals surface area contributed by atoms with Gasteiger partial charge >= 0.3 is 0 Å². The molecule has 1 amide bonds. The van der Waals surface area contributed by atoms with Crippen LogP contribution in [-0.2, 0) is 13.0 Å². The van der Waals surface area contributed by atoms with Gasteiger partial charge in [0.1, 0.15) is 17.2 Å². The van der Waals surface area contributed by atoms with E-state index in [1.807, 2.05) is 25.1 Å². The van der Waals surface area contributed by atoms with Gasteiger partial charge in [-0.25, -0.2) is 0 Å². The Bertz CT molecular complexity index is 979. The van der Waals surface area contributed by atoms with Gasteiger partial charge in [0, 0.05) is 29.1 Å². The van der Waals surface area contributed by atoms with Crippen LogP contribution in [-0.4, -0.2) is 27.6 Å². The maximum atomic E-state index is 12.9. The topological polar surface area (TPSA) is 66.6 Å². The third kappa shape index (κ3) is 2.95. The monoisotopic (exact) mass is 368 g/mol. The Morgan fingerprint density at radius 3 is 2.73 bits per heavy atom. The number of hydrogen-bond donors (Lipinski definition) is 1. The van der Waals surface area contributed by atoms with E-state index in [1.165, 1.54) is 0 Å². The van der Waals surface area contributed by atoms with Crippen LogP contribution in [0.4, 0.5) is 0 Å². The van der Waals surface area contributed by atoms with Gasteiger partial charge in [-0.1, -0.05) is 35.0 Å². The average molecular weight is 369 g/mol. The van der Waals surface area contributed by atoms with Crippen molar-refractivity contribution in [2.75, 3.05) is 6.54 Å². The van der Waals surface area contributed by atoms with Crippen molar-refractivity contribution in [1.29, 1.82) is 0 Å². The number of hydrogen-bond acceptors (Lipinski definition) is 4. The lowest BCUT2D eigenvalue weighted by molar-refractivity contribution is 0.0726. The van der Waals surface area contributed by atoms with Gasteiger partial charge in [-0.3, -0.25) is 4.79 Å². The molecule has 0 spiro atoms. The van der Waals surface area contributed by atoms with E-state index in [9.17, 15) is 9.90 Å². The molecule has 0 atom stereocenters. The lowest BCUT2D eigenvalue weighted by atomic mass is 10.0. The van der Waals surface area contributed by atoms with E-state index in [1.54, 1.807) is 29.2 Å². The summed E-state index contributed by atoms with van der Waals surface area (Å²) in [5, 5.41) is 15.0. The molecule has 1 aliphatic rings. The van der Waals surface area contributed by atoms with E-state index in [0.717, 1.165) is 28.1 Å². The second kappa shape index (κ2) is 6.50. The fourth-order valence-corrected chi connectivity index (χ4v) is 3.34. The smallest absolute Gasteiger partial charge is 0.257 e. The van der Waals surface area contributed by atoms with Crippen molar-refractivity contribution in [3.63, 3.8) is 0 Å². The average Bonchev–Trinajstić information content (AvgIpc) is 3.05. The zero-order valence-corrected chi connectivity index (χ0v) is 15.0. The van der Waals surface area contributed by atoms with Gasteiger partial charge in [0.05, 0.1) is 12.1 Å². The van der Waals surface area contributed by atoms with E-state index in [4.69, 9.17) is 16.1 Å².